The number of thioether (sulfide) groups is 1. The van der Waals surface area contributed by atoms with Crippen LogP contribution in [-0.4, -0.2) is 22.9 Å². The summed E-state index contributed by atoms with van der Waals surface area (Å²) < 4.78 is 5.47. The van der Waals surface area contributed by atoms with Gasteiger partial charge in [-0.3, -0.25) is 10.1 Å². The van der Waals surface area contributed by atoms with Gasteiger partial charge in [0, 0.05) is 28.9 Å². The lowest BCUT2D eigenvalue weighted by Gasteiger charge is -2.12. The molecule has 1 fully saturated rings. The number of rotatable bonds is 3. The van der Waals surface area contributed by atoms with E-state index in [1.165, 1.54) is 0 Å². The number of ether oxygens (including phenoxy) is 1. The van der Waals surface area contributed by atoms with Gasteiger partial charge in [-0.15, -0.1) is 11.8 Å². The molecule has 1 aliphatic heterocycles. The molecule has 1 heterocycles. The van der Waals surface area contributed by atoms with Crippen LogP contribution in [0.1, 0.15) is 13.3 Å². The van der Waals surface area contributed by atoms with E-state index in [9.17, 15) is 10.1 Å². The summed E-state index contributed by atoms with van der Waals surface area (Å²) in [6, 6.07) is 6.69. The monoisotopic (exact) mass is 239 g/mol. The van der Waals surface area contributed by atoms with Gasteiger partial charge in [0.05, 0.1) is 11.0 Å². The lowest BCUT2D eigenvalue weighted by atomic mass is 10.3. The van der Waals surface area contributed by atoms with Crippen molar-refractivity contribution in [1.29, 1.82) is 0 Å². The minimum atomic E-state index is -0.379. The molecule has 1 aliphatic rings. The fourth-order valence-electron chi connectivity index (χ4n) is 1.69. The second-order valence-corrected chi connectivity index (χ2v) is 5.08. The summed E-state index contributed by atoms with van der Waals surface area (Å²) in [5.41, 5.74) is 0.139. The molecule has 0 aliphatic carbocycles. The molecule has 4 nitrogen and oxygen atoms in total. The predicted octanol–water partition coefficient (Wildman–Crippen LogP) is 2.86. The Morgan fingerprint density at radius 3 is 2.62 bits per heavy atom. The Morgan fingerprint density at radius 1 is 1.44 bits per heavy atom. The van der Waals surface area contributed by atoms with Gasteiger partial charge in [-0.2, -0.15) is 0 Å². The second-order valence-electron chi connectivity index (χ2n) is 3.77. The van der Waals surface area contributed by atoms with E-state index >= 15 is 0 Å². The van der Waals surface area contributed by atoms with Gasteiger partial charge in [0.25, 0.3) is 5.69 Å². The number of nitrogens with zero attached hydrogens (tertiary/aromatic N) is 1. The first kappa shape index (κ1) is 11.4. The minimum absolute atomic E-state index is 0.139. The zero-order valence-electron chi connectivity index (χ0n) is 8.96. The van der Waals surface area contributed by atoms with E-state index in [0.717, 1.165) is 17.9 Å². The van der Waals surface area contributed by atoms with E-state index < -0.39 is 0 Å². The summed E-state index contributed by atoms with van der Waals surface area (Å²) in [5, 5.41) is 10.9. The SMILES string of the molecule is CC1OCCC1Sc1ccc([N+](=O)[O-])cc1. The van der Waals surface area contributed by atoms with Crippen LogP contribution >= 0.6 is 11.8 Å². The van der Waals surface area contributed by atoms with Gasteiger partial charge < -0.3 is 4.74 Å². The highest BCUT2D eigenvalue weighted by Gasteiger charge is 2.25. The van der Waals surface area contributed by atoms with Crippen LogP contribution in [0.15, 0.2) is 29.2 Å². The Kier molecular flexibility index (Phi) is 3.46. The molecule has 0 radical (unpaired) electrons. The fraction of sp³-hybridized carbons (Fsp3) is 0.455. The third-order valence-electron chi connectivity index (χ3n) is 2.64. The summed E-state index contributed by atoms with van der Waals surface area (Å²) in [4.78, 5) is 11.2. The van der Waals surface area contributed by atoms with Crippen LogP contribution in [0.4, 0.5) is 5.69 Å². The van der Waals surface area contributed by atoms with Gasteiger partial charge in [0.1, 0.15) is 0 Å². The standard InChI is InChI=1S/C11H13NO3S/c1-8-11(6-7-15-8)16-10-4-2-9(3-5-10)12(13)14/h2-5,8,11H,6-7H2,1H3. The molecule has 86 valence electrons. The molecule has 0 bridgehead atoms. The number of benzene rings is 1. The molecule has 16 heavy (non-hydrogen) atoms. The molecule has 5 heteroatoms. The highest BCUT2D eigenvalue weighted by Crippen LogP contribution is 2.33. The second kappa shape index (κ2) is 4.84. The zero-order valence-corrected chi connectivity index (χ0v) is 9.78. The minimum Gasteiger partial charge on any atom is -0.377 e. The predicted molar refractivity (Wildman–Crippen MR) is 62.8 cm³/mol. The average Bonchev–Trinajstić information content (AvgIpc) is 2.65. The average molecular weight is 239 g/mol. The third-order valence-corrected chi connectivity index (χ3v) is 4.11. The van der Waals surface area contributed by atoms with Crippen molar-refractivity contribution in [3.63, 3.8) is 0 Å². The van der Waals surface area contributed by atoms with E-state index in [0.29, 0.717) is 5.25 Å². The first-order valence-corrected chi connectivity index (χ1v) is 6.07. The van der Waals surface area contributed by atoms with Crippen molar-refractivity contribution in [2.45, 2.75) is 29.6 Å². The van der Waals surface area contributed by atoms with Crippen LogP contribution in [0.25, 0.3) is 0 Å². The van der Waals surface area contributed by atoms with Crippen molar-refractivity contribution in [2.75, 3.05) is 6.61 Å². The summed E-state index contributed by atoms with van der Waals surface area (Å²) in [5.74, 6) is 0. The van der Waals surface area contributed by atoms with Gasteiger partial charge in [0.2, 0.25) is 0 Å². The summed E-state index contributed by atoms with van der Waals surface area (Å²) in [7, 11) is 0. The maximum Gasteiger partial charge on any atom is 0.269 e. The maximum atomic E-state index is 10.5. The van der Waals surface area contributed by atoms with Crippen molar-refractivity contribution in [2.24, 2.45) is 0 Å². The van der Waals surface area contributed by atoms with Crippen molar-refractivity contribution < 1.29 is 9.66 Å². The van der Waals surface area contributed by atoms with Crippen molar-refractivity contribution >= 4 is 17.4 Å². The number of non-ortho nitro benzene ring substituents is 1. The normalized spacial score (nSPS) is 24.6. The lowest BCUT2D eigenvalue weighted by molar-refractivity contribution is -0.384. The van der Waals surface area contributed by atoms with Crippen LogP contribution in [0.3, 0.4) is 0 Å². The molecule has 2 atom stereocenters. The number of nitro benzene ring substituents is 1. The van der Waals surface area contributed by atoms with Crippen LogP contribution in [0.2, 0.25) is 0 Å². The van der Waals surface area contributed by atoms with Gasteiger partial charge in [-0.25, -0.2) is 0 Å². The Hall–Kier alpha value is -1.07. The maximum absolute atomic E-state index is 10.5. The largest absolute Gasteiger partial charge is 0.377 e. The number of nitro groups is 1. The molecule has 2 unspecified atom stereocenters. The Labute approximate surface area is 98.1 Å². The van der Waals surface area contributed by atoms with Gasteiger partial charge >= 0.3 is 0 Å². The summed E-state index contributed by atoms with van der Waals surface area (Å²) in [6.07, 6.45) is 1.31. The summed E-state index contributed by atoms with van der Waals surface area (Å²) >= 11 is 1.73. The van der Waals surface area contributed by atoms with Gasteiger partial charge in [-0.1, -0.05) is 0 Å². The van der Waals surface area contributed by atoms with Crippen molar-refractivity contribution in [3.05, 3.63) is 34.4 Å². The molecule has 1 saturated heterocycles. The van der Waals surface area contributed by atoms with Crippen LogP contribution < -0.4 is 0 Å². The van der Waals surface area contributed by atoms with E-state index in [2.05, 4.69) is 6.92 Å². The Morgan fingerprint density at radius 2 is 2.12 bits per heavy atom. The molecule has 0 aromatic heterocycles. The molecule has 0 N–H and O–H groups in total. The van der Waals surface area contributed by atoms with Crippen LogP contribution in [-0.2, 0) is 4.74 Å². The van der Waals surface area contributed by atoms with Crippen molar-refractivity contribution in [3.8, 4) is 0 Å². The van der Waals surface area contributed by atoms with Crippen LogP contribution in [0.5, 0.6) is 0 Å². The molecule has 0 amide bonds. The molecular formula is C11H13NO3S. The molecule has 0 spiro atoms. The number of hydrogen-bond acceptors (Lipinski definition) is 4. The Balaban J connectivity index is 2.02. The first-order valence-electron chi connectivity index (χ1n) is 5.19. The van der Waals surface area contributed by atoms with E-state index in [1.807, 2.05) is 0 Å². The lowest BCUT2D eigenvalue weighted by Crippen LogP contribution is -2.12. The summed E-state index contributed by atoms with van der Waals surface area (Å²) in [6.45, 7) is 2.88. The third kappa shape index (κ3) is 2.54. The van der Waals surface area contributed by atoms with Crippen LogP contribution in [0, 0.1) is 10.1 Å². The smallest absolute Gasteiger partial charge is 0.269 e. The molecule has 0 saturated carbocycles. The Bertz CT molecular complexity index is 379. The highest BCUT2D eigenvalue weighted by atomic mass is 32.2. The van der Waals surface area contributed by atoms with Gasteiger partial charge in [-0.05, 0) is 25.5 Å². The fourth-order valence-corrected chi connectivity index (χ4v) is 2.82. The molecule has 1 aromatic carbocycles. The molecular weight excluding hydrogens is 226 g/mol. The van der Waals surface area contributed by atoms with Crippen molar-refractivity contribution in [1.82, 2.24) is 0 Å². The number of hydrogen-bond donors (Lipinski definition) is 0. The molecule has 2 rings (SSSR count). The first-order chi connectivity index (χ1) is 7.66. The van der Waals surface area contributed by atoms with E-state index in [4.69, 9.17) is 4.74 Å². The quantitative estimate of drug-likeness (QED) is 0.601. The highest BCUT2D eigenvalue weighted by molar-refractivity contribution is 8.00. The topological polar surface area (TPSA) is 52.4 Å². The molecule has 1 aromatic rings. The van der Waals surface area contributed by atoms with E-state index in [-0.39, 0.29) is 16.7 Å². The zero-order chi connectivity index (χ0) is 11.5. The van der Waals surface area contributed by atoms with Gasteiger partial charge in [0.15, 0.2) is 0 Å². The van der Waals surface area contributed by atoms with E-state index in [1.54, 1.807) is 36.0 Å².